The summed E-state index contributed by atoms with van der Waals surface area (Å²) in [5.74, 6) is 0.169. The number of likely N-dealkylation sites (tertiary alicyclic amines) is 1. The second-order valence-electron chi connectivity index (χ2n) is 7.26. The van der Waals surface area contributed by atoms with E-state index in [2.05, 4.69) is 14.8 Å². The van der Waals surface area contributed by atoms with Crippen molar-refractivity contribution >= 4 is 33.1 Å². The van der Waals surface area contributed by atoms with Crippen molar-refractivity contribution in [3.8, 4) is 0 Å². The number of nitrogens with zero attached hydrogens (tertiary/aromatic N) is 5. The topological polar surface area (TPSA) is 140 Å². The number of anilines is 1. The third kappa shape index (κ3) is 6.10. The van der Waals surface area contributed by atoms with E-state index in [-0.39, 0.29) is 29.5 Å². The van der Waals surface area contributed by atoms with E-state index in [0.29, 0.717) is 17.9 Å². The number of nitro groups is 1. The fourth-order valence-electron chi connectivity index (χ4n) is 3.18. The van der Waals surface area contributed by atoms with E-state index >= 15 is 0 Å². The number of nitrogens with one attached hydrogen (secondary N) is 1. The van der Waals surface area contributed by atoms with Gasteiger partial charge in [0.2, 0.25) is 5.91 Å². The molecule has 1 aromatic heterocycles. The number of amides is 1. The second kappa shape index (κ2) is 9.69. The van der Waals surface area contributed by atoms with Crippen LogP contribution in [0.4, 0.5) is 11.4 Å². The molecule has 31 heavy (non-hydrogen) atoms. The van der Waals surface area contributed by atoms with Gasteiger partial charge in [0.15, 0.2) is 0 Å². The summed E-state index contributed by atoms with van der Waals surface area (Å²) in [5.41, 5.74) is 0.172. The first-order valence-electron chi connectivity index (χ1n) is 9.86. The van der Waals surface area contributed by atoms with Crippen LogP contribution in [0.3, 0.4) is 0 Å². The molecule has 1 saturated heterocycles. The van der Waals surface area contributed by atoms with Crippen molar-refractivity contribution in [3.05, 3.63) is 46.8 Å². The minimum absolute atomic E-state index is 0.00171. The van der Waals surface area contributed by atoms with Crippen molar-refractivity contribution in [2.75, 3.05) is 18.9 Å². The highest BCUT2D eigenvalue weighted by Crippen LogP contribution is 2.20. The number of sulfonamides is 1. The minimum atomic E-state index is -3.91. The smallest absolute Gasteiger partial charge is 0.306 e. The summed E-state index contributed by atoms with van der Waals surface area (Å²) in [7, 11) is -2.07. The normalized spacial score (nSPS) is 16.2. The molecule has 0 atom stereocenters. The lowest BCUT2D eigenvalue weighted by Gasteiger charge is -2.17. The van der Waals surface area contributed by atoms with Crippen LogP contribution in [0, 0.1) is 10.1 Å². The van der Waals surface area contributed by atoms with E-state index in [4.69, 9.17) is 0 Å². The molecule has 0 bridgehead atoms. The number of amidine groups is 1. The first-order valence-corrected chi connectivity index (χ1v) is 11.3. The molecule has 0 aliphatic carbocycles. The van der Waals surface area contributed by atoms with Crippen molar-refractivity contribution in [2.45, 2.75) is 43.5 Å². The van der Waals surface area contributed by atoms with Crippen molar-refractivity contribution in [1.29, 1.82) is 0 Å². The molecule has 1 amide bonds. The van der Waals surface area contributed by atoms with Gasteiger partial charge in [0, 0.05) is 38.7 Å². The Hall–Kier alpha value is -3.28. The largest absolute Gasteiger partial charge is 0.362 e. The van der Waals surface area contributed by atoms with Gasteiger partial charge in [-0.15, -0.1) is 4.40 Å². The molecule has 2 heterocycles. The SMILES string of the molecule is CN1CCCCC/C1=N\S(=O)(=O)c1cccc(NC(=O)CCn2cc([N+](=O)[O-])cn2)c1. The second-order valence-corrected chi connectivity index (χ2v) is 8.86. The van der Waals surface area contributed by atoms with E-state index in [1.807, 2.05) is 11.9 Å². The minimum Gasteiger partial charge on any atom is -0.362 e. The van der Waals surface area contributed by atoms with E-state index in [9.17, 15) is 23.3 Å². The Morgan fingerprint density at radius 1 is 1.32 bits per heavy atom. The summed E-state index contributed by atoms with van der Waals surface area (Å²) >= 11 is 0. The fraction of sp³-hybridized carbons (Fsp3) is 0.421. The lowest BCUT2D eigenvalue weighted by molar-refractivity contribution is -0.385. The van der Waals surface area contributed by atoms with Gasteiger partial charge in [-0.05, 0) is 31.0 Å². The highest BCUT2D eigenvalue weighted by atomic mass is 32.2. The molecule has 11 nitrogen and oxygen atoms in total. The lowest BCUT2D eigenvalue weighted by atomic mass is 10.2. The Morgan fingerprint density at radius 2 is 2.13 bits per heavy atom. The van der Waals surface area contributed by atoms with Gasteiger partial charge in [0.1, 0.15) is 18.2 Å². The lowest BCUT2D eigenvalue weighted by Crippen LogP contribution is -2.26. The van der Waals surface area contributed by atoms with Crippen LogP contribution in [0.5, 0.6) is 0 Å². The van der Waals surface area contributed by atoms with Crippen LogP contribution in [0.25, 0.3) is 0 Å². The van der Waals surface area contributed by atoms with Crippen LogP contribution in [0.15, 0.2) is 46.0 Å². The van der Waals surface area contributed by atoms with Gasteiger partial charge in [0.05, 0.1) is 9.82 Å². The first kappa shape index (κ1) is 22.4. The van der Waals surface area contributed by atoms with Crippen LogP contribution in [0.1, 0.15) is 32.1 Å². The number of carbonyl (C=O) groups is 1. The maximum Gasteiger partial charge on any atom is 0.306 e. The summed E-state index contributed by atoms with van der Waals surface area (Å²) in [4.78, 5) is 24.2. The van der Waals surface area contributed by atoms with Gasteiger partial charge in [-0.2, -0.15) is 13.5 Å². The molecule has 166 valence electrons. The first-order chi connectivity index (χ1) is 14.7. The predicted octanol–water partition coefficient (Wildman–Crippen LogP) is 2.41. The molecule has 0 unspecified atom stereocenters. The average Bonchev–Trinajstić information content (AvgIpc) is 3.12. The third-order valence-corrected chi connectivity index (χ3v) is 6.17. The number of rotatable bonds is 7. The van der Waals surface area contributed by atoms with Gasteiger partial charge >= 0.3 is 5.69 Å². The Morgan fingerprint density at radius 3 is 2.87 bits per heavy atom. The van der Waals surface area contributed by atoms with Gasteiger partial charge in [-0.1, -0.05) is 12.5 Å². The number of aryl methyl sites for hydroxylation is 1. The molecule has 0 radical (unpaired) electrons. The summed E-state index contributed by atoms with van der Waals surface area (Å²) in [6.07, 6.45) is 5.91. The summed E-state index contributed by atoms with van der Waals surface area (Å²) in [6.45, 7) is 0.918. The summed E-state index contributed by atoms with van der Waals surface area (Å²) < 4.78 is 30.9. The Balaban J connectivity index is 1.66. The Labute approximate surface area is 180 Å². The highest BCUT2D eigenvalue weighted by Gasteiger charge is 2.19. The van der Waals surface area contributed by atoms with Crippen LogP contribution in [-0.4, -0.2) is 53.4 Å². The molecule has 1 fully saturated rings. The molecule has 12 heteroatoms. The summed E-state index contributed by atoms with van der Waals surface area (Å²) in [5, 5.41) is 17.1. The maximum atomic E-state index is 12.8. The Kier molecular flexibility index (Phi) is 7.00. The van der Waals surface area contributed by atoms with Crippen molar-refractivity contribution in [1.82, 2.24) is 14.7 Å². The maximum absolute atomic E-state index is 12.8. The molecule has 1 aliphatic heterocycles. The van der Waals surface area contributed by atoms with E-state index in [0.717, 1.165) is 32.0 Å². The van der Waals surface area contributed by atoms with Gasteiger partial charge < -0.3 is 10.2 Å². The molecule has 0 spiro atoms. The number of hydrogen-bond donors (Lipinski definition) is 1. The average molecular weight is 449 g/mol. The molecular formula is C19H24N6O5S. The number of aromatic nitrogens is 2. The van der Waals surface area contributed by atoms with Crippen molar-refractivity contribution in [3.63, 3.8) is 0 Å². The predicted molar refractivity (Wildman–Crippen MR) is 114 cm³/mol. The highest BCUT2D eigenvalue weighted by molar-refractivity contribution is 7.90. The van der Waals surface area contributed by atoms with Crippen LogP contribution in [0.2, 0.25) is 0 Å². The summed E-state index contributed by atoms with van der Waals surface area (Å²) in [6, 6.07) is 5.93. The molecule has 1 aromatic carbocycles. The zero-order chi connectivity index (χ0) is 22.4. The van der Waals surface area contributed by atoms with Gasteiger partial charge in [0.25, 0.3) is 10.0 Å². The Bertz CT molecular complexity index is 1090. The van der Waals surface area contributed by atoms with E-state index < -0.39 is 14.9 Å². The fourth-order valence-corrected chi connectivity index (χ4v) is 4.32. The number of hydrogen-bond acceptors (Lipinski definition) is 6. The van der Waals surface area contributed by atoms with Crippen molar-refractivity contribution < 1.29 is 18.1 Å². The van der Waals surface area contributed by atoms with Gasteiger partial charge in [-0.3, -0.25) is 19.6 Å². The molecule has 1 aliphatic rings. The monoisotopic (exact) mass is 448 g/mol. The molecule has 2 aromatic rings. The standard InChI is InChI=1S/C19H24N6O5S/c1-23-10-4-2-3-8-18(23)22-31(29,30)17-7-5-6-15(12-17)21-19(26)9-11-24-14-16(13-20-24)25(27)28/h5-7,12-14H,2-4,8-11H2,1H3,(H,21,26)/b22-18+. The van der Waals surface area contributed by atoms with Crippen LogP contribution >= 0.6 is 0 Å². The number of benzene rings is 1. The van der Waals surface area contributed by atoms with Gasteiger partial charge in [-0.25, -0.2) is 0 Å². The molecular weight excluding hydrogens is 424 g/mol. The number of carbonyl (C=O) groups excluding carboxylic acids is 1. The zero-order valence-corrected chi connectivity index (χ0v) is 17.9. The van der Waals surface area contributed by atoms with Crippen LogP contribution in [-0.2, 0) is 21.4 Å². The molecule has 1 N–H and O–H groups in total. The quantitative estimate of drug-likeness (QED) is 0.507. The molecule has 0 saturated carbocycles. The zero-order valence-electron chi connectivity index (χ0n) is 17.1. The van der Waals surface area contributed by atoms with E-state index in [1.54, 1.807) is 6.07 Å². The molecule has 3 rings (SSSR count). The van der Waals surface area contributed by atoms with E-state index in [1.165, 1.54) is 29.1 Å². The third-order valence-electron chi connectivity index (χ3n) is 4.87. The van der Waals surface area contributed by atoms with Crippen molar-refractivity contribution in [2.24, 2.45) is 4.40 Å². The van der Waals surface area contributed by atoms with Crippen LogP contribution < -0.4 is 5.32 Å².